The molecule has 2 aromatic carbocycles. The summed E-state index contributed by atoms with van der Waals surface area (Å²) in [5.41, 5.74) is 7.04. The van der Waals surface area contributed by atoms with Gasteiger partial charge in [0.05, 0.1) is 24.0 Å². The van der Waals surface area contributed by atoms with Gasteiger partial charge in [0.25, 0.3) is 5.56 Å². The van der Waals surface area contributed by atoms with E-state index in [4.69, 9.17) is 9.72 Å². The molecule has 3 aliphatic heterocycles. The molecular weight excluding hydrogens is 666 g/mol. The number of benzene rings is 2. The molecule has 51 heavy (non-hydrogen) atoms. The van der Waals surface area contributed by atoms with Crippen LogP contribution in [0.15, 0.2) is 83.6 Å². The van der Waals surface area contributed by atoms with Gasteiger partial charge in [-0.05, 0) is 78.7 Å². The number of rotatable bonds is 8. The number of pyridine rings is 2. The second-order valence-corrected chi connectivity index (χ2v) is 14.4. The maximum Gasteiger partial charge on any atom is 0.250 e. The zero-order valence-corrected chi connectivity index (χ0v) is 28.9. The molecule has 2 fully saturated rings. The van der Waals surface area contributed by atoms with Crippen LogP contribution in [-0.2, 0) is 22.6 Å². The van der Waals surface area contributed by atoms with Gasteiger partial charge in [0, 0.05) is 89.2 Å². The molecule has 5 aromatic rings. The van der Waals surface area contributed by atoms with E-state index in [1.54, 1.807) is 39.0 Å². The molecular formula is C40H38FN5O4S. The van der Waals surface area contributed by atoms with Crippen LogP contribution in [0.4, 0.5) is 4.39 Å². The molecule has 3 aliphatic rings. The number of hydrogen-bond donors (Lipinski definition) is 2. The summed E-state index contributed by atoms with van der Waals surface area (Å²) in [4.78, 5) is 45.0. The maximum absolute atomic E-state index is 14.9. The quantitative estimate of drug-likeness (QED) is 0.189. The number of nitrogens with one attached hydrogen (secondary N) is 2. The molecule has 3 aromatic heterocycles. The van der Waals surface area contributed by atoms with Gasteiger partial charge in [0.1, 0.15) is 11.6 Å². The van der Waals surface area contributed by atoms with Crippen LogP contribution < -0.4 is 20.9 Å². The number of nitrogens with zero attached hydrogens (tertiary/aromatic N) is 3. The molecule has 0 aliphatic carbocycles. The number of amides is 2. The lowest BCUT2D eigenvalue weighted by molar-refractivity contribution is -0.125. The predicted molar refractivity (Wildman–Crippen MR) is 197 cm³/mol. The Hall–Kier alpha value is -5.13. The zero-order valence-electron chi connectivity index (χ0n) is 28.1. The first-order chi connectivity index (χ1) is 24.9. The number of aromatic nitrogens is 2. The monoisotopic (exact) mass is 703 g/mol. The summed E-state index contributed by atoms with van der Waals surface area (Å²) < 4.78 is 24.0. The first kappa shape index (κ1) is 33.0. The van der Waals surface area contributed by atoms with E-state index < -0.39 is 5.82 Å². The smallest absolute Gasteiger partial charge is 0.250 e. The Morgan fingerprint density at radius 1 is 1.04 bits per heavy atom. The highest BCUT2D eigenvalue weighted by atomic mass is 32.1. The number of likely N-dealkylation sites (tertiary alicyclic amines) is 1. The molecule has 11 heteroatoms. The predicted octanol–water partition coefficient (Wildman–Crippen LogP) is 6.11. The molecule has 0 bridgehead atoms. The maximum atomic E-state index is 14.9. The van der Waals surface area contributed by atoms with Crippen LogP contribution in [0.25, 0.3) is 43.7 Å². The van der Waals surface area contributed by atoms with E-state index in [2.05, 4.69) is 41.5 Å². The lowest BCUT2D eigenvalue weighted by Gasteiger charge is -2.23. The lowest BCUT2D eigenvalue weighted by atomic mass is 9.93. The van der Waals surface area contributed by atoms with Gasteiger partial charge >= 0.3 is 0 Å². The molecule has 8 rings (SSSR count). The molecule has 0 radical (unpaired) electrons. The molecule has 9 nitrogen and oxygen atoms in total. The van der Waals surface area contributed by atoms with Crippen LogP contribution in [0.3, 0.4) is 0 Å². The molecule has 260 valence electrons. The highest BCUT2D eigenvalue weighted by molar-refractivity contribution is 7.18. The van der Waals surface area contributed by atoms with Crippen molar-refractivity contribution in [2.24, 2.45) is 5.92 Å². The average molecular weight is 704 g/mol. The third kappa shape index (κ3) is 6.47. The Balaban J connectivity index is 1.30. The van der Waals surface area contributed by atoms with Crippen molar-refractivity contribution >= 4 is 33.2 Å². The van der Waals surface area contributed by atoms with E-state index in [0.29, 0.717) is 49.5 Å². The average Bonchev–Trinajstić information content (AvgIpc) is 3.85. The minimum Gasteiger partial charge on any atom is -0.493 e. The Morgan fingerprint density at radius 3 is 2.78 bits per heavy atom. The van der Waals surface area contributed by atoms with Gasteiger partial charge in [-0.2, -0.15) is 0 Å². The number of hydrogen-bond acceptors (Lipinski definition) is 7. The standard InChI is InChI=1S/C40H38FN5O4S/c1-2-35(48)45-15-11-30(22-45)46-21-28(5-8-36(46)49)39-37(31-7-6-29(41)19-33(31)50-23-24-9-14-43-34(47)17-24)40-32(12-16-51-40)38(44-39)26-3-4-27-20-42-13-10-25(27)18-26/h2-8,12,16,18-19,21,24,30,42H,1,9-11,13-15,17,20,22-23H2,(H,43,47)/t24?,30-/m0/s1. The van der Waals surface area contributed by atoms with Crippen LogP contribution in [-0.4, -0.2) is 59.1 Å². The summed E-state index contributed by atoms with van der Waals surface area (Å²) in [6, 6.07) is 16.3. The van der Waals surface area contributed by atoms with Crippen LogP contribution in [0.1, 0.15) is 36.4 Å². The van der Waals surface area contributed by atoms with E-state index in [0.717, 1.165) is 58.4 Å². The van der Waals surface area contributed by atoms with Gasteiger partial charge < -0.3 is 24.8 Å². The van der Waals surface area contributed by atoms with Gasteiger partial charge in [0.2, 0.25) is 11.8 Å². The highest BCUT2D eigenvalue weighted by Crippen LogP contribution is 2.46. The van der Waals surface area contributed by atoms with Crippen molar-refractivity contribution in [3.63, 3.8) is 0 Å². The van der Waals surface area contributed by atoms with Crippen LogP contribution >= 0.6 is 11.3 Å². The topological polar surface area (TPSA) is 106 Å². The number of ether oxygens (including phenoxy) is 1. The van der Waals surface area contributed by atoms with E-state index in [1.807, 2.05) is 11.6 Å². The number of thiophene rings is 1. The van der Waals surface area contributed by atoms with E-state index in [9.17, 15) is 18.8 Å². The summed E-state index contributed by atoms with van der Waals surface area (Å²) in [6.45, 7) is 7.17. The number of piperidine rings is 1. The highest BCUT2D eigenvalue weighted by Gasteiger charge is 2.29. The molecule has 1 unspecified atom stereocenters. The van der Waals surface area contributed by atoms with Crippen molar-refractivity contribution in [3.8, 4) is 39.4 Å². The summed E-state index contributed by atoms with van der Waals surface area (Å²) in [6.07, 6.45) is 5.85. The fraction of sp³-hybridized carbons (Fsp3) is 0.300. The molecule has 0 spiro atoms. The Kier molecular flexibility index (Phi) is 8.99. The summed E-state index contributed by atoms with van der Waals surface area (Å²) in [5.74, 6) is -0.212. The van der Waals surface area contributed by atoms with Gasteiger partial charge in [-0.25, -0.2) is 9.37 Å². The van der Waals surface area contributed by atoms with Crippen molar-refractivity contribution in [2.75, 3.05) is 32.8 Å². The normalized spacial score (nSPS) is 18.8. The molecule has 2 amide bonds. The second-order valence-electron chi connectivity index (χ2n) is 13.5. The number of halogens is 1. The van der Waals surface area contributed by atoms with Crippen molar-refractivity contribution < 1.29 is 18.7 Å². The molecule has 0 saturated carbocycles. The second kappa shape index (κ2) is 13.9. The molecule has 2 N–H and O–H groups in total. The van der Waals surface area contributed by atoms with E-state index in [-0.39, 0.29) is 35.9 Å². The fourth-order valence-electron chi connectivity index (χ4n) is 7.58. The van der Waals surface area contributed by atoms with Gasteiger partial charge in [-0.15, -0.1) is 11.3 Å². The SMILES string of the molecule is C=CC(=O)N1CC[C@H](n2cc(-c3nc(-c4ccc5c(c4)CCNC5)c4ccsc4c3-c3ccc(F)cc3OCC3CCNC(=O)C3)ccc2=O)C1. The zero-order chi connectivity index (χ0) is 35.1. The van der Waals surface area contributed by atoms with E-state index >= 15 is 0 Å². The number of fused-ring (bicyclic) bond motifs is 2. The summed E-state index contributed by atoms with van der Waals surface area (Å²) >= 11 is 1.58. The summed E-state index contributed by atoms with van der Waals surface area (Å²) in [5, 5.41) is 9.31. The summed E-state index contributed by atoms with van der Waals surface area (Å²) in [7, 11) is 0. The van der Waals surface area contributed by atoms with Crippen LogP contribution in [0.5, 0.6) is 5.75 Å². The first-order valence-electron chi connectivity index (χ1n) is 17.4. The molecule has 6 heterocycles. The van der Waals surface area contributed by atoms with Gasteiger partial charge in [0.15, 0.2) is 0 Å². The van der Waals surface area contributed by atoms with Crippen molar-refractivity contribution in [1.29, 1.82) is 0 Å². The lowest BCUT2D eigenvalue weighted by Crippen LogP contribution is -2.35. The van der Waals surface area contributed by atoms with E-state index in [1.165, 1.54) is 29.3 Å². The molecule has 2 saturated heterocycles. The van der Waals surface area contributed by atoms with Crippen LogP contribution in [0.2, 0.25) is 0 Å². The van der Waals surface area contributed by atoms with Crippen LogP contribution in [0, 0.1) is 11.7 Å². The Bertz CT molecular complexity index is 2250. The van der Waals surface area contributed by atoms with Crippen molar-refractivity contribution in [2.45, 2.75) is 38.3 Å². The first-order valence-corrected chi connectivity index (χ1v) is 18.3. The third-order valence-electron chi connectivity index (χ3n) is 10.3. The number of carbonyl (C=O) groups excluding carboxylic acids is 2. The Labute approximate surface area is 298 Å². The fourth-order valence-corrected chi connectivity index (χ4v) is 8.54. The largest absolute Gasteiger partial charge is 0.493 e. The van der Waals surface area contributed by atoms with Crippen molar-refractivity contribution in [3.05, 3.63) is 106 Å². The number of carbonyl (C=O) groups is 2. The Morgan fingerprint density at radius 2 is 1.92 bits per heavy atom. The van der Waals surface area contributed by atoms with Crippen molar-refractivity contribution in [1.82, 2.24) is 25.1 Å². The minimum atomic E-state index is -0.430. The molecule has 2 atom stereocenters. The van der Waals surface area contributed by atoms with Gasteiger partial charge in [-0.1, -0.05) is 18.7 Å². The third-order valence-corrected chi connectivity index (χ3v) is 11.2. The van der Waals surface area contributed by atoms with Gasteiger partial charge in [-0.3, -0.25) is 14.4 Å². The minimum absolute atomic E-state index is 0.00973.